The zero-order chi connectivity index (χ0) is 41.1. The van der Waals surface area contributed by atoms with E-state index in [4.69, 9.17) is 37.9 Å². The number of imide groups is 1. The van der Waals surface area contributed by atoms with Crippen LogP contribution in [-0.2, 0) is 36.7 Å². The number of fused-ring (bicyclic) bond motifs is 1. The van der Waals surface area contributed by atoms with Gasteiger partial charge in [0.2, 0.25) is 11.8 Å². The molecule has 3 atom stereocenters. The summed E-state index contributed by atoms with van der Waals surface area (Å²) in [5.74, 6) is -0.593. The van der Waals surface area contributed by atoms with Gasteiger partial charge in [-0.3, -0.25) is 9.59 Å². The summed E-state index contributed by atoms with van der Waals surface area (Å²) in [6, 6.07) is 22.0. The van der Waals surface area contributed by atoms with Crippen molar-refractivity contribution < 1.29 is 57.1 Å². The smallest absolute Gasteiger partial charge is 0.416 e. The van der Waals surface area contributed by atoms with Crippen molar-refractivity contribution in [2.45, 2.75) is 30.9 Å². The Bertz CT molecular complexity index is 2100. The number of esters is 1. The topological polar surface area (TPSA) is 157 Å². The lowest BCUT2D eigenvalue weighted by Crippen LogP contribution is -2.42. The van der Waals surface area contributed by atoms with E-state index in [1.165, 1.54) is 61.9 Å². The Morgan fingerprint density at radius 2 is 1.35 bits per heavy atom. The van der Waals surface area contributed by atoms with Crippen LogP contribution in [0.15, 0.2) is 84.9 Å². The molecular formula is C43H46N2O12. The van der Waals surface area contributed by atoms with E-state index in [1.54, 1.807) is 42.5 Å². The van der Waals surface area contributed by atoms with E-state index in [2.05, 4.69) is 5.32 Å². The minimum atomic E-state index is -1.17. The molecule has 5 rings (SSSR count). The Morgan fingerprint density at radius 3 is 1.98 bits per heavy atom. The number of hydrogen-bond donors (Lipinski definition) is 1. The standard InChI is InChI=1S/C43H46N2O12/c1-50-31-17-13-27(24-34(31)53-4)21-22-45(43(49)56-7)41(47)38-37-28(16-20-36(46)44-30(42(48)55-6)23-26-11-9-8-10-12-26)14-19-33(52-3)40(37)57-39(38)29-15-18-32(51-2)35(25-29)54-5/h8-20,24-25,30,38-39H,21-23H2,1-7H3,(H,44,46)/b20-16+. The predicted octanol–water partition coefficient (Wildman–Crippen LogP) is 5.70. The molecule has 0 saturated carbocycles. The lowest BCUT2D eigenvalue weighted by molar-refractivity contribution is -0.144. The van der Waals surface area contributed by atoms with Gasteiger partial charge < -0.3 is 43.2 Å². The average molecular weight is 783 g/mol. The minimum absolute atomic E-state index is 0.0701. The number of ether oxygens (including phenoxy) is 8. The molecular weight excluding hydrogens is 736 g/mol. The number of nitrogens with one attached hydrogen (secondary N) is 1. The van der Waals surface area contributed by atoms with Crippen LogP contribution in [0.5, 0.6) is 34.5 Å². The van der Waals surface area contributed by atoms with Gasteiger partial charge in [0.05, 0.1) is 49.8 Å². The van der Waals surface area contributed by atoms with Gasteiger partial charge in [-0.1, -0.05) is 48.5 Å². The number of methoxy groups -OCH3 is 7. The fourth-order valence-electron chi connectivity index (χ4n) is 6.65. The van der Waals surface area contributed by atoms with E-state index >= 15 is 0 Å². The summed E-state index contributed by atoms with van der Waals surface area (Å²) in [6.45, 7) is -0.0701. The van der Waals surface area contributed by atoms with Crippen molar-refractivity contribution in [3.05, 3.63) is 113 Å². The molecule has 0 saturated heterocycles. The molecule has 0 bridgehead atoms. The van der Waals surface area contributed by atoms with Crippen LogP contribution >= 0.6 is 0 Å². The molecule has 14 nitrogen and oxygen atoms in total. The van der Waals surface area contributed by atoms with E-state index in [-0.39, 0.29) is 25.1 Å². The first-order valence-electron chi connectivity index (χ1n) is 17.9. The SMILES string of the molecule is COC(=O)C(Cc1ccccc1)NC(=O)/C=C/c1ccc(OC)c2c1C(C(=O)N(CCc1ccc(OC)c(OC)c1)C(=O)OC)C(c1ccc(OC)c(OC)c1)O2. The van der Waals surface area contributed by atoms with Crippen LogP contribution in [0.4, 0.5) is 4.79 Å². The van der Waals surface area contributed by atoms with Gasteiger partial charge in [0.1, 0.15) is 18.1 Å². The highest BCUT2D eigenvalue weighted by Gasteiger charge is 2.47. The summed E-state index contributed by atoms with van der Waals surface area (Å²) in [4.78, 5) is 55.5. The number of rotatable bonds is 16. The monoisotopic (exact) mass is 782 g/mol. The second-order valence-electron chi connectivity index (χ2n) is 12.7. The fraction of sp³-hybridized carbons (Fsp3) is 0.302. The van der Waals surface area contributed by atoms with Gasteiger partial charge in [0.15, 0.2) is 34.5 Å². The quantitative estimate of drug-likeness (QED) is 0.109. The summed E-state index contributed by atoms with van der Waals surface area (Å²) < 4.78 is 44.2. The first-order valence-corrected chi connectivity index (χ1v) is 17.9. The normalized spacial score (nSPS) is 14.7. The summed E-state index contributed by atoms with van der Waals surface area (Å²) >= 11 is 0. The maximum Gasteiger partial charge on any atom is 0.416 e. The lowest BCUT2D eigenvalue weighted by Gasteiger charge is -2.26. The largest absolute Gasteiger partial charge is 0.493 e. The number of hydrogen-bond acceptors (Lipinski definition) is 12. The Kier molecular flexibility index (Phi) is 14.0. The van der Waals surface area contributed by atoms with Crippen LogP contribution in [0.25, 0.3) is 6.08 Å². The molecule has 0 aromatic heterocycles. The molecule has 4 aromatic rings. The minimum Gasteiger partial charge on any atom is -0.493 e. The number of carbonyl (C=O) groups excluding carboxylic acids is 4. The number of carbonyl (C=O) groups is 4. The van der Waals surface area contributed by atoms with Crippen LogP contribution < -0.4 is 33.7 Å². The van der Waals surface area contributed by atoms with Crippen molar-refractivity contribution in [3.63, 3.8) is 0 Å². The highest BCUT2D eigenvalue weighted by atomic mass is 16.5. The molecule has 4 aromatic carbocycles. The van der Waals surface area contributed by atoms with Crippen LogP contribution in [0.2, 0.25) is 0 Å². The van der Waals surface area contributed by atoms with Gasteiger partial charge in [-0.2, -0.15) is 0 Å². The van der Waals surface area contributed by atoms with Crippen LogP contribution in [0.3, 0.4) is 0 Å². The van der Waals surface area contributed by atoms with Gasteiger partial charge in [-0.25, -0.2) is 14.5 Å². The molecule has 57 heavy (non-hydrogen) atoms. The first-order chi connectivity index (χ1) is 27.6. The van der Waals surface area contributed by atoms with E-state index in [1.807, 2.05) is 36.4 Å². The van der Waals surface area contributed by atoms with E-state index < -0.39 is 41.9 Å². The van der Waals surface area contributed by atoms with Crippen molar-refractivity contribution in [3.8, 4) is 34.5 Å². The molecule has 1 heterocycles. The van der Waals surface area contributed by atoms with E-state index in [0.717, 1.165) is 16.0 Å². The molecule has 1 N–H and O–H groups in total. The number of amides is 3. The Hall–Kier alpha value is -6.70. The molecule has 1 aliphatic rings. The molecule has 0 spiro atoms. The molecule has 0 aliphatic carbocycles. The second kappa shape index (κ2) is 19.2. The lowest BCUT2D eigenvalue weighted by atomic mass is 9.86. The van der Waals surface area contributed by atoms with Crippen molar-refractivity contribution in [1.82, 2.24) is 10.2 Å². The van der Waals surface area contributed by atoms with Crippen LogP contribution in [-0.4, -0.2) is 91.1 Å². The summed E-state index contributed by atoms with van der Waals surface area (Å²) in [5.41, 5.74) is 2.90. The zero-order valence-electron chi connectivity index (χ0n) is 32.9. The molecule has 300 valence electrons. The Morgan fingerprint density at radius 1 is 0.719 bits per heavy atom. The van der Waals surface area contributed by atoms with Gasteiger partial charge in [0.25, 0.3) is 0 Å². The zero-order valence-corrected chi connectivity index (χ0v) is 32.9. The van der Waals surface area contributed by atoms with Crippen LogP contribution in [0, 0.1) is 0 Å². The molecule has 0 radical (unpaired) electrons. The van der Waals surface area contributed by atoms with Gasteiger partial charge in [-0.05, 0) is 65.1 Å². The average Bonchev–Trinajstić information content (AvgIpc) is 3.66. The van der Waals surface area contributed by atoms with Crippen molar-refractivity contribution in [1.29, 1.82) is 0 Å². The van der Waals surface area contributed by atoms with Gasteiger partial charge in [0, 0.05) is 24.6 Å². The maximum absolute atomic E-state index is 15.0. The highest BCUT2D eigenvalue weighted by Crippen LogP contribution is 2.53. The van der Waals surface area contributed by atoms with Gasteiger partial charge in [-0.15, -0.1) is 0 Å². The molecule has 0 fully saturated rings. The summed E-state index contributed by atoms with van der Waals surface area (Å²) in [7, 11) is 9.95. The van der Waals surface area contributed by atoms with Gasteiger partial charge >= 0.3 is 12.1 Å². The molecule has 3 unspecified atom stereocenters. The highest BCUT2D eigenvalue weighted by molar-refractivity contribution is 5.99. The van der Waals surface area contributed by atoms with Crippen LogP contribution in [0.1, 0.15) is 39.8 Å². The number of nitrogens with zero attached hydrogens (tertiary/aromatic N) is 1. The number of benzene rings is 4. The summed E-state index contributed by atoms with van der Waals surface area (Å²) in [5, 5.41) is 2.72. The molecule has 1 aliphatic heterocycles. The second-order valence-corrected chi connectivity index (χ2v) is 12.7. The Balaban J connectivity index is 1.56. The summed E-state index contributed by atoms with van der Waals surface area (Å²) in [6.07, 6.45) is 1.33. The first kappa shape index (κ1) is 41.5. The third-order valence-electron chi connectivity index (χ3n) is 9.51. The fourth-order valence-corrected chi connectivity index (χ4v) is 6.65. The molecule has 14 heteroatoms. The predicted molar refractivity (Wildman–Crippen MR) is 209 cm³/mol. The molecule has 3 amide bonds. The van der Waals surface area contributed by atoms with E-state index in [9.17, 15) is 19.2 Å². The van der Waals surface area contributed by atoms with E-state index in [0.29, 0.717) is 45.4 Å². The third-order valence-corrected chi connectivity index (χ3v) is 9.51. The van der Waals surface area contributed by atoms with Crippen molar-refractivity contribution in [2.24, 2.45) is 0 Å². The Labute approximate surface area is 331 Å². The van der Waals surface area contributed by atoms with Crippen molar-refractivity contribution >= 4 is 30.0 Å². The van der Waals surface area contributed by atoms with Crippen molar-refractivity contribution in [2.75, 3.05) is 56.3 Å². The maximum atomic E-state index is 15.0. The third kappa shape index (κ3) is 9.40.